The lowest BCUT2D eigenvalue weighted by Crippen LogP contribution is -2.32. The lowest BCUT2D eigenvalue weighted by molar-refractivity contribution is 0.00304. The number of hydrogen-bond acceptors (Lipinski definition) is 9. The van der Waals surface area contributed by atoms with Crippen LogP contribution in [0.1, 0.15) is 36.0 Å². The summed E-state index contributed by atoms with van der Waals surface area (Å²) in [6.45, 7) is 1.35. The standard InChI is InChI=1S/C19H16.C6H14O3.3CHNO/c1-4-10-16(11-5-1)19(17-12-6-2-7-13-17)18-14-8-3-9-15-18;1-2-6(3-7,4-8)5-9;3*2-1-3/h1-15,19H;7-9H,2-5H2,1H3;3*2H. The van der Waals surface area contributed by atoms with Crippen molar-refractivity contribution in [2.45, 2.75) is 19.3 Å². The van der Waals surface area contributed by atoms with Gasteiger partial charge < -0.3 is 15.3 Å². The highest BCUT2D eigenvalue weighted by Crippen LogP contribution is 2.31. The molecule has 0 amide bonds. The van der Waals surface area contributed by atoms with Crippen LogP contribution in [0.5, 0.6) is 0 Å². The highest BCUT2D eigenvalue weighted by molar-refractivity contribution is 5.42. The fourth-order valence-electron chi connectivity index (χ4n) is 3.00. The molecule has 0 radical (unpaired) electrons. The summed E-state index contributed by atoms with van der Waals surface area (Å²) in [5, 5.41) is 42.2. The summed E-state index contributed by atoms with van der Waals surface area (Å²) in [7, 11) is 0. The van der Waals surface area contributed by atoms with Crippen molar-refractivity contribution in [3.8, 4) is 0 Å². The Labute approximate surface area is 216 Å². The van der Waals surface area contributed by atoms with Crippen LogP contribution < -0.4 is 0 Å². The average Bonchev–Trinajstić information content (AvgIpc) is 2.94. The molecular weight excluding hydrogens is 474 g/mol. The van der Waals surface area contributed by atoms with Gasteiger partial charge in [-0.25, -0.2) is 30.6 Å². The van der Waals surface area contributed by atoms with Gasteiger partial charge in [0.15, 0.2) is 0 Å². The van der Waals surface area contributed by atoms with Crippen molar-refractivity contribution >= 4 is 18.2 Å². The van der Waals surface area contributed by atoms with E-state index in [1.165, 1.54) is 16.7 Å². The molecule has 6 N–H and O–H groups in total. The van der Waals surface area contributed by atoms with Crippen molar-refractivity contribution in [2.24, 2.45) is 5.41 Å². The van der Waals surface area contributed by atoms with Gasteiger partial charge in [-0.1, -0.05) is 97.9 Å². The van der Waals surface area contributed by atoms with E-state index in [-0.39, 0.29) is 19.8 Å². The van der Waals surface area contributed by atoms with Crippen LogP contribution in [0.3, 0.4) is 0 Å². The van der Waals surface area contributed by atoms with Crippen molar-refractivity contribution < 1.29 is 29.7 Å². The predicted octanol–water partition coefficient (Wildman–Crippen LogP) is 3.93. The van der Waals surface area contributed by atoms with Crippen molar-refractivity contribution in [1.82, 2.24) is 0 Å². The van der Waals surface area contributed by atoms with E-state index in [4.69, 9.17) is 45.9 Å². The van der Waals surface area contributed by atoms with Gasteiger partial charge in [-0.3, -0.25) is 0 Å². The smallest absolute Gasteiger partial charge is 0.231 e. The summed E-state index contributed by atoms with van der Waals surface area (Å²) < 4.78 is 0. The molecule has 0 aromatic heterocycles. The van der Waals surface area contributed by atoms with E-state index < -0.39 is 5.41 Å². The van der Waals surface area contributed by atoms with Gasteiger partial charge in [0, 0.05) is 11.3 Å². The number of rotatable bonds is 7. The van der Waals surface area contributed by atoms with Crippen LogP contribution >= 0.6 is 0 Å². The molecule has 0 atom stereocenters. The zero-order chi connectivity index (χ0) is 28.4. The Kier molecular flexibility index (Phi) is 22.1. The minimum Gasteiger partial charge on any atom is -0.396 e. The van der Waals surface area contributed by atoms with Crippen molar-refractivity contribution in [1.29, 1.82) is 16.2 Å². The Bertz CT molecular complexity index is 901. The van der Waals surface area contributed by atoms with Crippen molar-refractivity contribution in [3.05, 3.63) is 108 Å². The predicted molar refractivity (Wildman–Crippen MR) is 139 cm³/mol. The molecule has 0 saturated carbocycles. The van der Waals surface area contributed by atoms with E-state index in [1.54, 1.807) is 0 Å². The summed E-state index contributed by atoms with van der Waals surface area (Å²) >= 11 is 0. The number of aliphatic hydroxyl groups excluding tert-OH is 3. The molecule has 0 aliphatic heterocycles. The van der Waals surface area contributed by atoms with E-state index >= 15 is 0 Å². The SMILES string of the molecule is CCC(CO)(CO)CO.N=C=O.N=C=O.N=C=O.c1ccc(C(c2ccccc2)c2ccccc2)cc1. The third-order valence-electron chi connectivity index (χ3n) is 5.15. The molecule has 0 spiro atoms. The monoisotopic (exact) mass is 507 g/mol. The molecule has 0 fully saturated rings. The Balaban J connectivity index is 0. The number of carbonyl (C=O) groups excluding carboxylic acids is 3. The summed E-state index contributed by atoms with van der Waals surface area (Å²) in [6.07, 6.45) is 2.84. The number of aliphatic hydroxyl groups is 3. The fourth-order valence-corrected chi connectivity index (χ4v) is 3.00. The highest BCUT2D eigenvalue weighted by Gasteiger charge is 2.24. The maximum Gasteiger partial charge on any atom is 0.231 e. The van der Waals surface area contributed by atoms with E-state index in [0.29, 0.717) is 12.3 Å². The van der Waals surface area contributed by atoms with Gasteiger partial charge in [0.1, 0.15) is 0 Å². The maximum atomic E-state index is 8.66. The molecule has 9 heteroatoms. The second-order valence-electron chi connectivity index (χ2n) is 7.30. The molecule has 37 heavy (non-hydrogen) atoms. The van der Waals surface area contributed by atoms with Gasteiger partial charge >= 0.3 is 0 Å². The molecule has 0 aliphatic rings. The third kappa shape index (κ3) is 14.6. The first-order valence-electron chi connectivity index (χ1n) is 11.0. The van der Waals surface area contributed by atoms with Crippen molar-refractivity contribution in [3.63, 3.8) is 0 Å². The van der Waals surface area contributed by atoms with Gasteiger partial charge in [-0.15, -0.1) is 0 Å². The first-order valence-corrected chi connectivity index (χ1v) is 11.0. The van der Waals surface area contributed by atoms with E-state index in [9.17, 15) is 0 Å². The van der Waals surface area contributed by atoms with E-state index in [0.717, 1.165) is 18.2 Å². The molecule has 0 unspecified atom stereocenters. The topological polar surface area (TPSA) is 183 Å². The molecular formula is C28H33N3O6. The Morgan fingerprint density at radius 3 is 0.946 bits per heavy atom. The quantitative estimate of drug-likeness (QED) is 0.160. The fraction of sp³-hybridized carbons (Fsp3) is 0.250. The lowest BCUT2D eigenvalue weighted by Gasteiger charge is -2.24. The van der Waals surface area contributed by atoms with Gasteiger partial charge in [-0.2, -0.15) is 0 Å². The zero-order valence-electron chi connectivity index (χ0n) is 20.6. The molecule has 196 valence electrons. The van der Waals surface area contributed by atoms with Crippen LogP contribution in [0.15, 0.2) is 91.0 Å². The van der Waals surface area contributed by atoms with Gasteiger partial charge in [0.2, 0.25) is 18.2 Å². The lowest BCUT2D eigenvalue weighted by atomic mass is 9.85. The van der Waals surface area contributed by atoms with Crippen LogP contribution in [-0.4, -0.2) is 53.4 Å². The Morgan fingerprint density at radius 1 is 0.595 bits per heavy atom. The number of nitrogens with one attached hydrogen (secondary N) is 3. The molecule has 0 aliphatic carbocycles. The van der Waals surface area contributed by atoms with Gasteiger partial charge in [0.25, 0.3) is 0 Å². The van der Waals surface area contributed by atoms with Crippen LogP contribution in [0, 0.1) is 21.6 Å². The van der Waals surface area contributed by atoms with Crippen LogP contribution in [0.2, 0.25) is 0 Å². The average molecular weight is 508 g/mol. The van der Waals surface area contributed by atoms with E-state index in [1.807, 2.05) is 6.92 Å². The first kappa shape index (κ1) is 34.8. The molecule has 0 saturated heterocycles. The zero-order valence-corrected chi connectivity index (χ0v) is 20.6. The molecule has 0 heterocycles. The molecule has 9 nitrogen and oxygen atoms in total. The van der Waals surface area contributed by atoms with Gasteiger partial charge in [-0.05, 0) is 23.1 Å². The molecule has 3 aromatic carbocycles. The van der Waals surface area contributed by atoms with Crippen molar-refractivity contribution in [2.75, 3.05) is 19.8 Å². The van der Waals surface area contributed by atoms with Crippen LogP contribution in [-0.2, 0) is 14.4 Å². The van der Waals surface area contributed by atoms with Crippen LogP contribution in [0.25, 0.3) is 0 Å². The largest absolute Gasteiger partial charge is 0.396 e. The molecule has 3 rings (SSSR count). The summed E-state index contributed by atoms with van der Waals surface area (Å²) in [5.74, 6) is 0.309. The number of isocyanates is 3. The minimum atomic E-state index is -0.667. The second kappa shape index (κ2) is 23.4. The maximum absolute atomic E-state index is 8.66. The number of hydrogen-bond donors (Lipinski definition) is 6. The summed E-state index contributed by atoms with van der Waals surface area (Å²) in [6, 6.07) is 32.0. The van der Waals surface area contributed by atoms with E-state index in [2.05, 4.69) is 91.0 Å². The summed E-state index contributed by atoms with van der Waals surface area (Å²) in [5.41, 5.74) is 3.33. The first-order chi connectivity index (χ1) is 17.9. The third-order valence-corrected chi connectivity index (χ3v) is 5.15. The minimum absolute atomic E-state index is 0.156. The normalized spacial score (nSPS) is 9.00. The molecule has 0 bridgehead atoms. The Hall–Kier alpha value is -4.32. The van der Waals surface area contributed by atoms with Crippen LogP contribution in [0.4, 0.5) is 0 Å². The number of benzene rings is 3. The summed E-state index contributed by atoms with van der Waals surface area (Å²) in [4.78, 5) is 25.0. The molecule has 3 aromatic rings. The second-order valence-corrected chi connectivity index (χ2v) is 7.30. The highest BCUT2D eigenvalue weighted by atomic mass is 16.3. The Morgan fingerprint density at radius 2 is 0.811 bits per heavy atom. The van der Waals surface area contributed by atoms with Gasteiger partial charge in [0.05, 0.1) is 19.8 Å².